The SMILES string of the molecule is CCN(CC)C(=O)c1sc2c(c1C)c(=O)n(-c1ccc(C)c(C)c1)c(=O)n2CC(=O)Nc1ccc(C)cc1. The fourth-order valence-corrected chi connectivity index (χ4v) is 5.68. The highest BCUT2D eigenvalue weighted by Crippen LogP contribution is 2.29. The Balaban J connectivity index is 1.94. The minimum absolute atomic E-state index is 0.200. The number of nitrogens with one attached hydrogen (secondary N) is 1. The number of anilines is 1. The standard InChI is InChI=1S/C29H32N4O4S/c1-7-31(8-2)27(36)25-20(6)24-26(35)33(22-14-11-18(4)19(5)15-22)29(37)32(28(24)38-25)16-23(34)30-21-12-9-17(3)10-13-21/h9-15H,7-8,16H2,1-6H3,(H,30,34). The predicted octanol–water partition coefficient (Wildman–Crippen LogP) is 4.57. The summed E-state index contributed by atoms with van der Waals surface area (Å²) in [4.78, 5) is 56.4. The van der Waals surface area contributed by atoms with Gasteiger partial charge in [-0.1, -0.05) is 23.8 Å². The van der Waals surface area contributed by atoms with E-state index in [-0.39, 0.29) is 17.8 Å². The van der Waals surface area contributed by atoms with Crippen molar-refractivity contribution in [2.45, 2.75) is 48.1 Å². The van der Waals surface area contributed by atoms with Crippen LogP contribution in [0.25, 0.3) is 15.9 Å². The van der Waals surface area contributed by atoms with Gasteiger partial charge in [0.2, 0.25) is 5.91 Å². The van der Waals surface area contributed by atoms with Gasteiger partial charge in [-0.25, -0.2) is 9.36 Å². The molecule has 2 aromatic heterocycles. The van der Waals surface area contributed by atoms with Gasteiger partial charge in [-0.3, -0.25) is 19.0 Å². The maximum Gasteiger partial charge on any atom is 0.337 e. The second-order valence-corrected chi connectivity index (χ2v) is 10.4. The molecular weight excluding hydrogens is 500 g/mol. The van der Waals surface area contributed by atoms with E-state index >= 15 is 0 Å². The predicted molar refractivity (Wildman–Crippen MR) is 153 cm³/mol. The normalized spacial score (nSPS) is 11.1. The highest BCUT2D eigenvalue weighted by atomic mass is 32.1. The molecular formula is C29H32N4O4S. The van der Waals surface area contributed by atoms with Crippen molar-refractivity contribution in [3.05, 3.63) is 90.4 Å². The summed E-state index contributed by atoms with van der Waals surface area (Å²) < 4.78 is 2.39. The lowest BCUT2D eigenvalue weighted by molar-refractivity contribution is -0.116. The molecule has 0 aliphatic heterocycles. The second kappa shape index (κ2) is 10.8. The Morgan fingerprint density at radius 3 is 2.18 bits per heavy atom. The average Bonchev–Trinajstić information content (AvgIpc) is 3.23. The first-order chi connectivity index (χ1) is 18.1. The zero-order chi connectivity index (χ0) is 27.7. The first-order valence-electron chi connectivity index (χ1n) is 12.6. The third kappa shape index (κ3) is 4.93. The summed E-state index contributed by atoms with van der Waals surface area (Å²) in [7, 11) is 0. The number of hydrogen-bond donors (Lipinski definition) is 1. The number of hydrogen-bond acceptors (Lipinski definition) is 5. The third-order valence-electron chi connectivity index (χ3n) is 6.84. The van der Waals surface area contributed by atoms with Crippen LogP contribution in [0.4, 0.5) is 5.69 Å². The minimum Gasteiger partial charge on any atom is -0.338 e. The van der Waals surface area contributed by atoms with Crippen LogP contribution in [0.3, 0.4) is 0 Å². The van der Waals surface area contributed by atoms with E-state index in [0.29, 0.717) is 39.7 Å². The van der Waals surface area contributed by atoms with Crippen LogP contribution in [0.5, 0.6) is 0 Å². The molecule has 0 bridgehead atoms. The second-order valence-electron chi connectivity index (χ2n) is 9.41. The molecule has 9 heteroatoms. The highest BCUT2D eigenvalue weighted by molar-refractivity contribution is 7.20. The summed E-state index contributed by atoms with van der Waals surface area (Å²) in [5, 5.41) is 3.09. The molecule has 0 saturated carbocycles. The molecule has 4 aromatic rings. The third-order valence-corrected chi connectivity index (χ3v) is 8.15. The summed E-state index contributed by atoms with van der Waals surface area (Å²) in [6.07, 6.45) is 0. The molecule has 1 N–H and O–H groups in total. The van der Waals surface area contributed by atoms with E-state index in [1.165, 1.54) is 4.57 Å². The number of thiophene rings is 1. The Morgan fingerprint density at radius 1 is 0.921 bits per heavy atom. The van der Waals surface area contributed by atoms with Crippen molar-refractivity contribution in [2.24, 2.45) is 0 Å². The van der Waals surface area contributed by atoms with Crippen LogP contribution in [-0.2, 0) is 11.3 Å². The van der Waals surface area contributed by atoms with Gasteiger partial charge >= 0.3 is 5.69 Å². The number of carbonyl (C=O) groups is 2. The molecule has 2 heterocycles. The van der Waals surface area contributed by atoms with Crippen LogP contribution >= 0.6 is 11.3 Å². The van der Waals surface area contributed by atoms with E-state index in [2.05, 4.69) is 5.32 Å². The van der Waals surface area contributed by atoms with Gasteiger partial charge in [0.25, 0.3) is 11.5 Å². The Kier molecular flexibility index (Phi) is 7.68. The van der Waals surface area contributed by atoms with Crippen LogP contribution in [0.2, 0.25) is 0 Å². The largest absolute Gasteiger partial charge is 0.338 e. The lowest BCUT2D eigenvalue weighted by atomic mass is 10.1. The van der Waals surface area contributed by atoms with Gasteiger partial charge in [0.05, 0.1) is 16.0 Å². The molecule has 0 atom stereocenters. The number of amides is 2. The van der Waals surface area contributed by atoms with Crippen molar-refractivity contribution in [1.29, 1.82) is 0 Å². The molecule has 4 rings (SSSR count). The molecule has 0 aliphatic rings. The number of nitrogens with zero attached hydrogens (tertiary/aromatic N) is 3. The lowest BCUT2D eigenvalue weighted by Crippen LogP contribution is -2.40. The molecule has 0 spiro atoms. The zero-order valence-electron chi connectivity index (χ0n) is 22.5. The molecule has 0 fully saturated rings. The van der Waals surface area contributed by atoms with Gasteiger partial charge < -0.3 is 10.2 Å². The van der Waals surface area contributed by atoms with Gasteiger partial charge in [-0.05, 0) is 82.5 Å². The Morgan fingerprint density at radius 2 is 1.58 bits per heavy atom. The average molecular weight is 533 g/mol. The molecule has 0 saturated heterocycles. The highest BCUT2D eigenvalue weighted by Gasteiger charge is 2.26. The van der Waals surface area contributed by atoms with Gasteiger partial charge in [0, 0.05) is 18.8 Å². The molecule has 198 valence electrons. The smallest absolute Gasteiger partial charge is 0.337 e. The molecule has 0 aliphatic carbocycles. The van der Waals surface area contributed by atoms with Crippen LogP contribution in [0, 0.1) is 27.7 Å². The zero-order valence-corrected chi connectivity index (χ0v) is 23.4. The quantitative estimate of drug-likeness (QED) is 0.377. The molecule has 8 nitrogen and oxygen atoms in total. The molecule has 0 radical (unpaired) electrons. The fourth-order valence-electron chi connectivity index (χ4n) is 4.42. The summed E-state index contributed by atoms with van der Waals surface area (Å²) in [5.74, 6) is -0.612. The van der Waals surface area contributed by atoms with E-state index in [9.17, 15) is 19.2 Å². The van der Waals surface area contributed by atoms with Crippen LogP contribution in [-0.4, -0.2) is 38.9 Å². The first-order valence-corrected chi connectivity index (χ1v) is 13.4. The Bertz CT molecular complexity index is 1660. The van der Waals surface area contributed by atoms with Gasteiger partial charge in [0.1, 0.15) is 11.4 Å². The van der Waals surface area contributed by atoms with Gasteiger partial charge in [-0.2, -0.15) is 0 Å². The number of rotatable bonds is 7. The van der Waals surface area contributed by atoms with Gasteiger partial charge in [-0.15, -0.1) is 11.3 Å². The Hall–Kier alpha value is -3.98. The van der Waals surface area contributed by atoms with Crippen molar-refractivity contribution in [3.63, 3.8) is 0 Å². The summed E-state index contributed by atoms with van der Waals surface area (Å²) >= 11 is 1.08. The molecule has 2 aromatic carbocycles. The number of carbonyl (C=O) groups excluding carboxylic acids is 2. The maximum atomic E-state index is 13.8. The molecule has 2 amide bonds. The van der Waals surface area contributed by atoms with E-state index in [1.807, 2.05) is 52.8 Å². The van der Waals surface area contributed by atoms with Crippen molar-refractivity contribution in [3.8, 4) is 5.69 Å². The number of aromatic nitrogens is 2. The van der Waals surface area contributed by atoms with Crippen molar-refractivity contribution in [1.82, 2.24) is 14.0 Å². The van der Waals surface area contributed by atoms with Crippen LogP contribution in [0.15, 0.2) is 52.1 Å². The lowest BCUT2D eigenvalue weighted by Gasteiger charge is -2.17. The van der Waals surface area contributed by atoms with Crippen molar-refractivity contribution in [2.75, 3.05) is 18.4 Å². The number of aryl methyl sites for hydroxylation is 4. The maximum absolute atomic E-state index is 13.8. The first kappa shape index (κ1) is 27.1. The van der Waals surface area contributed by atoms with Crippen LogP contribution < -0.4 is 16.6 Å². The van der Waals surface area contributed by atoms with E-state index in [1.54, 1.807) is 36.1 Å². The fraction of sp³-hybridized carbons (Fsp3) is 0.310. The summed E-state index contributed by atoms with van der Waals surface area (Å²) in [5.41, 5.74) is 3.41. The molecule has 38 heavy (non-hydrogen) atoms. The monoisotopic (exact) mass is 532 g/mol. The number of fused-ring (bicyclic) bond motifs is 1. The van der Waals surface area contributed by atoms with E-state index in [0.717, 1.165) is 32.6 Å². The Labute approximate surface area is 225 Å². The minimum atomic E-state index is -0.632. The summed E-state index contributed by atoms with van der Waals surface area (Å²) in [6, 6.07) is 12.7. The summed E-state index contributed by atoms with van der Waals surface area (Å²) in [6.45, 7) is 12.0. The topological polar surface area (TPSA) is 93.4 Å². The van der Waals surface area contributed by atoms with E-state index in [4.69, 9.17) is 0 Å². The molecule has 0 unspecified atom stereocenters. The van der Waals surface area contributed by atoms with E-state index < -0.39 is 17.2 Å². The van der Waals surface area contributed by atoms with Gasteiger partial charge in [0.15, 0.2) is 0 Å². The van der Waals surface area contributed by atoms with Crippen molar-refractivity contribution < 1.29 is 9.59 Å². The van der Waals surface area contributed by atoms with Crippen LogP contribution in [0.1, 0.15) is 45.8 Å². The number of benzene rings is 2. The van der Waals surface area contributed by atoms with Crippen molar-refractivity contribution >= 4 is 39.1 Å².